The lowest BCUT2D eigenvalue weighted by molar-refractivity contribution is 0.254. The van der Waals surface area contributed by atoms with Crippen molar-refractivity contribution in [2.75, 3.05) is 19.6 Å². The van der Waals surface area contributed by atoms with Crippen molar-refractivity contribution in [2.24, 2.45) is 5.92 Å². The normalized spacial score (nSPS) is 15.8. The molecule has 4 aromatic carbocycles. The molecule has 0 fully saturated rings. The SMILES string of the molecule is CCCCN(CCCC)CCCC(C)CC1=C(c2ccccc2)C(c2ccccc2)=C(c2ccccc2)C1c1ccccc1. The maximum atomic E-state index is 2.72. The Labute approximate surface area is 267 Å². The quantitative estimate of drug-likeness (QED) is 0.127. The lowest BCUT2D eigenvalue weighted by atomic mass is 9.80. The first kappa shape index (κ1) is 31.7. The molecule has 4 aromatic rings. The van der Waals surface area contributed by atoms with E-state index in [1.54, 1.807) is 5.57 Å². The first-order valence-electron chi connectivity index (χ1n) is 17.1. The lowest BCUT2D eigenvalue weighted by Crippen LogP contribution is -2.27. The minimum Gasteiger partial charge on any atom is -0.303 e. The van der Waals surface area contributed by atoms with Crippen LogP contribution >= 0.6 is 0 Å². The van der Waals surface area contributed by atoms with Gasteiger partial charge in [0.1, 0.15) is 0 Å². The molecule has 5 rings (SSSR count). The number of nitrogens with zero attached hydrogens (tertiary/aromatic N) is 1. The van der Waals surface area contributed by atoms with E-state index in [2.05, 4.69) is 147 Å². The van der Waals surface area contributed by atoms with Crippen molar-refractivity contribution in [1.29, 1.82) is 0 Å². The Balaban J connectivity index is 1.57. The highest BCUT2D eigenvalue weighted by Gasteiger charge is 2.37. The fourth-order valence-electron chi connectivity index (χ4n) is 7.00. The predicted octanol–water partition coefficient (Wildman–Crippen LogP) is 11.6. The first-order chi connectivity index (χ1) is 21.7. The second-order valence-corrected chi connectivity index (χ2v) is 12.6. The van der Waals surface area contributed by atoms with Gasteiger partial charge >= 0.3 is 0 Å². The summed E-state index contributed by atoms with van der Waals surface area (Å²) in [6.45, 7) is 10.8. The molecule has 44 heavy (non-hydrogen) atoms. The van der Waals surface area contributed by atoms with E-state index in [1.807, 2.05) is 0 Å². The van der Waals surface area contributed by atoms with E-state index in [0.29, 0.717) is 5.92 Å². The van der Waals surface area contributed by atoms with Crippen molar-refractivity contribution < 1.29 is 0 Å². The van der Waals surface area contributed by atoms with Crippen molar-refractivity contribution in [3.05, 3.63) is 149 Å². The highest BCUT2D eigenvalue weighted by Crippen LogP contribution is 2.57. The van der Waals surface area contributed by atoms with E-state index in [4.69, 9.17) is 0 Å². The molecule has 2 atom stereocenters. The van der Waals surface area contributed by atoms with Crippen LogP contribution in [0.4, 0.5) is 0 Å². The van der Waals surface area contributed by atoms with Crippen LogP contribution in [-0.4, -0.2) is 24.5 Å². The van der Waals surface area contributed by atoms with Crippen LogP contribution in [-0.2, 0) is 0 Å². The van der Waals surface area contributed by atoms with Crippen molar-refractivity contribution in [1.82, 2.24) is 4.90 Å². The summed E-state index contributed by atoms with van der Waals surface area (Å²) in [6.07, 6.45) is 8.78. The van der Waals surface area contributed by atoms with Gasteiger partial charge in [-0.1, -0.05) is 155 Å². The minimum atomic E-state index is 0.220. The molecule has 0 spiro atoms. The fraction of sp³-hybridized carbons (Fsp3) is 0.349. The third-order valence-electron chi connectivity index (χ3n) is 9.22. The van der Waals surface area contributed by atoms with Gasteiger partial charge in [-0.3, -0.25) is 0 Å². The van der Waals surface area contributed by atoms with Crippen molar-refractivity contribution >= 4 is 16.7 Å². The van der Waals surface area contributed by atoms with Gasteiger partial charge in [-0.15, -0.1) is 0 Å². The number of hydrogen-bond donors (Lipinski definition) is 0. The van der Waals surface area contributed by atoms with Gasteiger partial charge < -0.3 is 4.90 Å². The molecule has 0 saturated heterocycles. The van der Waals surface area contributed by atoms with E-state index in [0.717, 1.165) is 6.42 Å². The maximum absolute atomic E-state index is 2.72. The fourth-order valence-corrected chi connectivity index (χ4v) is 7.00. The van der Waals surface area contributed by atoms with E-state index in [9.17, 15) is 0 Å². The molecule has 2 unspecified atom stereocenters. The standard InChI is InChI=1S/C43H51N/c1-4-6-30-44(31-7-5-2)32-20-21-34(3)33-39-40(35-22-12-8-13-23-35)42(37-26-16-10-17-27-37)43(38-28-18-11-19-29-38)41(39)36-24-14-9-15-25-36/h8-19,22-29,34,40H,4-7,20-21,30-33H2,1-3H3. The van der Waals surface area contributed by atoms with E-state index < -0.39 is 0 Å². The summed E-state index contributed by atoms with van der Waals surface area (Å²) in [6, 6.07) is 44.7. The number of allylic oxidation sites excluding steroid dienone is 4. The van der Waals surface area contributed by atoms with E-state index in [1.165, 1.54) is 97.1 Å². The number of unbranched alkanes of at least 4 members (excludes halogenated alkanes) is 2. The summed E-state index contributed by atoms with van der Waals surface area (Å²) in [5.41, 5.74) is 11.2. The highest BCUT2D eigenvalue weighted by atomic mass is 15.1. The highest BCUT2D eigenvalue weighted by molar-refractivity contribution is 6.21. The molecular weight excluding hydrogens is 530 g/mol. The molecule has 0 heterocycles. The van der Waals surface area contributed by atoms with Gasteiger partial charge in [-0.2, -0.15) is 0 Å². The van der Waals surface area contributed by atoms with Gasteiger partial charge in [0.15, 0.2) is 0 Å². The molecule has 0 aliphatic heterocycles. The van der Waals surface area contributed by atoms with Crippen molar-refractivity contribution in [3.8, 4) is 0 Å². The Kier molecular flexibility index (Phi) is 11.8. The van der Waals surface area contributed by atoms with Crippen LogP contribution in [0.2, 0.25) is 0 Å². The molecule has 1 aliphatic rings. The second kappa shape index (κ2) is 16.4. The van der Waals surface area contributed by atoms with E-state index in [-0.39, 0.29) is 5.92 Å². The van der Waals surface area contributed by atoms with Crippen molar-refractivity contribution in [2.45, 2.75) is 71.6 Å². The summed E-state index contributed by atoms with van der Waals surface area (Å²) in [7, 11) is 0. The largest absolute Gasteiger partial charge is 0.303 e. The van der Waals surface area contributed by atoms with Crippen molar-refractivity contribution in [3.63, 3.8) is 0 Å². The van der Waals surface area contributed by atoms with Crippen LogP contribution in [0, 0.1) is 5.92 Å². The third kappa shape index (κ3) is 7.88. The Morgan fingerprint density at radius 1 is 0.545 bits per heavy atom. The lowest BCUT2D eigenvalue weighted by Gasteiger charge is -2.25. The molecule has 1 heteroatoms. The zero-order valence-electron chi connectivity index (χ0n) is 27.2. The number of rotatable bonds is 16. The van der Waals surface area contributed by atoms with Gasteiger partial charge in [-0.05, 0) is 102 Å². The average Bonchev–Trinajstić information content (AvgIpc) is 3.41. The van der Waals surface area contributed by atoms with Gasteiger partial charge in [0.25, 0.3) is 0 Å². The van der Waals surface area contributed by atoms with Gasteiger partial charge in [0.05, 0.1) is 0 Å². The van der Waals surface area contributed by atoms with Gasteiger partial charge in [0.2, 0.25) is 0 Å². The molecule has 0 bridgehead atoms. The summed E-state index contributed by atoms with van der Waals surface area (Å²) >= 11 is 0. The molecule has 0 N–H and O–H groups in total. The summed E-state index contributed by atoms with van der Waals surface area (Å²) in [5, 5.41) is 0. The van der Waals surface area contributed by atoms with Crippen LogP contribution in [0.1, 0.15) is 93.9 Å². The Morgan fingerprint density at radius 2 is 1.00 bits per heavy atom. The molecule has 228 valence electrons. The average molecular weight is 582 g/mol. The second-order valence-electron chi connectivity index (χ2n) is 12.6. The van der Waals surface area contributed by atoms with Crippen LogP contribution in [0.5, 0.6) is 0 Å². The number of benzene rings is 4. The van der Waals surface area contributed by atoms with E-state index >= 15 is 0 Å². The van der Waals surface area contributed by atoms with Crippen LogP contribution < -0.4 is 0 Å². The van der Waals surface area contributed by atoms with Gasteiger partial charge in [-0.25, -0.2) is 0 Å². The molecule has 1 aliphatic carbocycles. The monoisotopic (exact) mass is 581 g/mol. The summed E-state index contributed by atoms with van der Waals surface area (Å²) in [5.74, 6) is 0.818. The molecule has 1 nitrogen and oxygen atoms in total. The molecule has 0 amide bonds. The van der Waals surface area contributed by atoms with Crippen LogP contribution in [0.25, 0.3) is 16.7 Å². The summed E-state index contributed by atoms with van der Waals surface area (Å²) < 4.78 is 0. The molecule has 0 aromatic heterocycles. The number of hydrogen-bond acceptors (Lipinski definition) is 1. The first-order valence-corrected chi connectivity index (χ1v) is 17.1. The van der Waals surface area contributed by atoms with Gasteiger partial charge in [0, 0.05) is 5.92 Å². The predicted molar refractivity (Wildman–Crippen MR) is 192 cm³/mol. The zero-order valence-corrected chi connectivity index (χ0v) is 27.2. The molecule has 0 radical (unpaired) electrons. The summed E-state index contributed by atoms with van der Waals surface area (Å²) in [4.78, 5) is 2.72. The maximum Gasteiger partial charge on any atom is 0.0320 e. The minimum absolute atomic E-state index is 0.220. The Hall–Kier alpha value is -3.68. The Bertz CT molecular complexity index is 1460. The topological polar surface area (TPSA) is 3.24 Å². The zero-order chi connectivity index (χ0) is 30.6. The van der Waals surface area contributed by atoms with Crippen LogP contribution in [0.3, 0.4) is 0 Å². The Morgan fingerprint density at radius 3 is 1.52 bits per heavy atom. The third-order valence-corrected chi connectivity index (χ3v) is 9.22. The van der Waals surface area contributed by atoms with Crippen LogP contribution in [0.15, 0.2) is 127 Å². The smallest absolute Gasteiger partial charge is 0.0320 e. The molecule has 0 saturated carbocycles. The molecular formula is C43H51N.